The Kier molecular flexibility index (Phi) is 6.68. The van der Waals surface area contributed by atoms with Gasteiger partial charge in [-0.3, -0.25) is 19.7 Å². The van der Waals surface area contributed by atoms with Crippen LogP contribution in [0.5, 0.6) is 0 Å². The Balaban J connectivity index is 2.17. The lowest BCUT2D eigenvalue weighted by Gasteiger charge is -2.18. The molecule has 1 atom stereocenters. The van der Waals surface area contributed by atoms with Crippen LogP contribution in [0.4, 0.5) is 5.69 Å². The van der Waals surface area contributed by atoms with Crippen molar-refractivity contribution in [3.63, 3.8) is 0 Å². The van der Waals surface area contributed by atoms with E-state index in [2.05, 4.69) is 10.1 Å². The molecule has 0 aliphatic carbocycles. The number of carbonyl (C=O) groups is 2. The van der Waals surface area contributed by atoms with Gasteiger partial charge in [0.05, 0.1) is 30.9 Å². The first-order valence-corrected chi connectivity index (χ1v) is 8.12. The molecule has 0 heterocycles. The van der Waals surface area contributed by atoms with Gasteiger partial charge in [-0.05, 0) is 17.7 Å². The monoisotopic (exact) mass is 376 g/mol. The Labute approximate surface area is 155 Å². The molecule has 0 saturated heterocycles. The molecule has 1 amide bonds. The van der Waals surface area contributed by atoms with Gasteiger partial charge in [0, 0.05) is 16.7 Å². The number of ether oxygens (including phenoxy) is 1. The van der Waals surface area contributed by atoms with Gasteiger partial charge in [-0.2, -0.15) is 0 Å². The largest absolute Gasteiger partial charge is 0.469 e. The van der Waals surface area contributed by atoms with Crippen LogP contribution in [0.25, 0.3) is 0 Å². The van der Waals surface area contributed by atoms with Gasteiger partial charge in [0.2, 0.25) is 5.91 Å². The zero-order valence-electron chi connectivity index (χ0n) is 14.0. The van der Waals surface area contributed by atoms with E-state index in [0.717, 1.165) is 0 Å². The second-order valence-corrected chi connectivity index (χ2v) is 5.95. The average molecular weight is 377 g/mol. The first-order chi connectivity index (χ1) is 12.4. The third kappa shape index (κ3) is 5.29. The van der Waals surface area contributed by atoms with Crippen molar-refractivity contribution in [1.82, 2.24) is 5.32 Å². The molecular weight excluding hydrogens is 360 g/mol. The minimum absolute atomic E-state index is 0.0687. The Morgan fingerprint density at radius 3 is 2.46 bits per heavy atom. The molecule has 2 aromatic rings. The van der Waals surface area contributed by atoms with Crippen LogP contribution in [0.1, 0.15) is 23.6 Å². The SMILES string of the molecule is COC(=O)CC(NC(=O)Cc1ccccc1[N+](=O)[O-])c1ccc(Cl)cc1. The maximum Gasteiger partial charge on any atom is 0.307 e. The van der Waals surface area contributed by atoms with Gasteiger partial charge in [0.15, 0.2) is 0 Å². The highest BCUT2D eigenvalue weighted by atomic mass is 35.5. The summed E-state index contributed by atoms with van der Waals surface area (Å²) in [5.74, 6) is -0.931. The van der Waals surface area contributed by atoms with Crippen molar-refractivity contribution in [2.75, 3.05) is 7.11 Å². The van der Waals surface area contributed by atoms with Gasteiger partial charge in [0.25, 0.3) is 5.69 Å². The van der Waals surface area contributed by atoms with E-state index in [1.807, 2.05) is 0 Å². The highest BCUT2D eigenvalue weighted by Crippen LogP contribution is 2.22. The molecule has 1 N–H and O–H groups in total. The molecule has 1 unspecified atom stereocenters. The predicted molar refractivity (Wildman–Crippen MR) is 95.8 cm³/mol. The number of carbonyl (C=O) groups excluding carboxylic acids is 2. The van der Waals surface area contributed by atoms with Gasteiger partial charge in [0.1, 0.15) is 0 Å². The summed E-state index contributed by atoms with van der Waals surface area (Å²) in [5.41, 5.74) is 0.845. The van der Waals surface area contributed by atoms with Crippen molar-refractivity contribution < 1.29 is 19.2 Å². The molecule has 26 heavy (non-hydrogen) atoms. The highest BCUT2D eigenvalue weighted by Gasteiger charge is 2.21. The molecule has 0 spiro atoms. The summed E-state index contributed by atoms with van der Waals surface area (Å²) in [4.78, 5) is 34.6. The molecule has 2 rings (SSSR count). The number of esters is 1. The number of hydrogen-bond acceptors (Lipinski definition) is 5. The number of nitrogens with zero attached hydrogens (tertiary/aromatic N) is 1. The first kappa shape index (κ1) is 19.4. The summed E-state index contributed by atoms with van der Waals surface area (Å²) in [7, 11) is 1.26. The number of rotatable bonds is 7. The van der Waals surface area contributed by atoms with E-state index in [9.17, 15) is 19.7 Å². The molecule has 136 valence electrons. The maximum atomic E-state index is 12.4. The smallest absolute Gasteiger partial charge is 0.307 e. The van der Waals surface area contributed by atoms with Crippen LogP contribution in [0.3, 0.4) is 0 Å². The minimum Gasteiger partial charge on any atom is -0.469 e. The zero-order chi connectivity index (χ0) is 19.1. The highest BCUT2D eigenvalue weighted by molar-refractivity contribution is 6.30. The number of nitrogens with one attached hydrogen (secondary N) is 1. The van der Waals surface area contributed by atoms with Crippen molar-refractivity contribution in [2.24, 2.45) is 0 Å². The van der Waals surface area contributed by atoms with Crippen LogP contribution >= 0.6 is 11.6 Å². The summed E-state index contributed by atoms with van der Waals surface area (Å²) >= 11 is 5.87. The molecule has 0 bridgehead atoms. The summed E-state index contributed by atoms with van der Waals surface area (Å²) in [6, 6.07) is 12.1. The van der Waals surface area contributed by atoms with Crippen molar-refractivity contribution in [1.29, 1.82) is 0 Å². The number of amides is 1. The normalized spacial score (nSPS) is 11.5. The number of benzene rings is 2. The third-order valence-corrected chi connectivity index (χ3v) is 4.00. The topological polar surface area (TPSA) is 98.5 Å². The van der Waals surface area contributed by atoms with Gasteiger partial charge < -0.3 is 10.1 Å². The van der Waals surface area contributed by atoms with E-state index >= 15 is 0 Å². The molecule has 8 heteroatoms. The Bertz CT molecular complexity index is 807. The van der Waals surface area contributed by atoms with Gasteiger partial charge in [-0.1, -0.05) is 41.9 Å². The standard InChI is InChI=1S/C18H17ClN2O5/c1-26-18(23)11-15(12-6-8-14(19)9-7-12)20-17(22)10-13-4-2-3-5-16(13)21(24)25/h2-9,15H,10-11H2,1H3,(H,20,22). The molecule has 0 aliphatic rings. The lowest BCUT2D eigenvalue weighted by atomic mass is 10.0. The molecule has 7 nitrogen and oxygen atoms in total. The molecular formula is C18H17ClN2O5. The number of para-hydroxylation sites is 1. The third-order valence-electron chi connectivity index (χ3n) is 3.75. The summed E-state index contributed by atoms with van der Waals surface area (Å²) < 4.78 is 4.67. The summed E-state index contributed by atoms with van der Waals surface area (Å²) in [6.45, 7) is 0. The quantitative estimate of drug-likeness (QED) is 0.454. The van der Waals surface area contributed by atoms with Crippen LogP contribution in [0.2, 0.25) is 5.02 Å². The molecule has 0 saturated carbocycles. The van der Waals surface area contributed by atoms with Crippen LogP contribution in [0, 0.1) is 10.1 Å². The van der Waals surface area contributed by atoms with Crippen LogP contribution in [-0.2, 0) is 20.7 Å². The lowest BCUT2D eigenvalue weighted by molar-refractivity contribution is -0.385. The lowest BCUT2D eigenvalue weighted by Crippen LogP contribution is -2.31. The fraction of sp³-hybridized carbons (Fsp3) is 0.222. The van der Waals surface area contributed by atoms with Crippen molar-refractivity contribution in [2.45, 2.75) is 18.9 Å². The van der Waals surface area contributed by atoms with Gasteiger partial charge in [-0.15, -0.1) is 0 Å². The molecule has 0 fully saturated rings. The van der Waals surface area contributed by atoms with Crippen LogP contribution in [0.15, 0.2) is 48.5 Å². The molecule has 0 aromatic heterocycles. The van der Waals surface area contributed by atoms with Crippen molar-refractivity contribution in [3.05, 3.63) is 74.8 Å². The van der Waals surface area contributed by atoms with Crippen LogP contribution < -0.4 is 5.32 Å². The van der Waals surface area contributed by atoms with E-state index in [1.54, 1.807) is 30.3 Å². The predicted octanol–water partition coefficient (Wildman–Crippen LogP) is 3.21. The Morgan fingerprint density at radius 1 is 1.19 bits per heavy atom. The zero-order valence-corrected chi connectivity index (χ0v) is 14.7. The van der Waals surface area contributed by atoms with Gasteiger partial charge in [-0.25, -0.2) is 0 Å². The average Bonchev–Trinajstić information content (AvgIpc) is 2.62. The van der Waals surface area contributed by atoms with Gasteiger partial charge >= 0.3 is 5.97 Å². The van der Waals surface area contributed by atoms with Crippen molar-refractivity contribution in [3.8, 4) is 0 Å². The maximum absolute atomic E-state index is 12.4. The van der Waals surface area contributed by atoms with Crippen molar-refractivity contribution >= 4 is 29.2 Å². The second kappa shape index (κ2) is 8.96. The molecule has 0 aliphatic heterocycles. The first-order valence-electron chi connectivity index (χ1n) is 7.74. The van der Waals surface area contributed by atoms with Crippen LogP contribution in [-0.4, -0.2) is 23.9 Å². The Hall–Kier alpha value is -2.93. The number of nitro benzene ring substituents is 1. The van der Waals surface area contributed by atoms with E-state index in [1.165, 1.54) is 25.3 Å². The summed E-state index contributed by atoms with van der Waals surface area (Å²) in [6.07, 6.45) is -0.247. The second-order valence-electron chi connectivity index (χ2n) is 5.51. The number of hydrogen-bond donors (Lipinski definition) is 1. The fourth-order valence-electron chi connectivity index (χ4n) is 2.45. The fourth-order valence-corrected chi connectivity index (χ4v) is 2.58. The Morgan fingerprint density at radius 2 is 1.85 bits per heavy atom. The number of methoxy groups -OCH3 is 1. The number of halogens is 1. The molecule has 0 radical (unpaired) electrons. The minimum atomic E-state index is -0.630. The van der Waals surface area contributed by atoms with E-state index < -0.39 is 22.8 Å². The van der Waals surface area contributed by atoms with E-state index in [0.29, 0.717) is 16.1 Å². The van der Waals surface area contributed by atoms with E-state index in [-0.39, 0.29) is 18.5 Å². The number of nitro groups is 1. The van der Waals surface area contributed by atoms with E-state index in [4.69, 9.17) is 11.6 Å². The summed E-state index contributed by atoms with van der Waals surface area (Å²) in [5, 5.41) is 14.3. The molecule has 2 aromatic carbocycles.